The van der Waals surface area contributed by atoms with Gasteiger partial charge in [-0.05, 0) is 17.7 Å². The van der Waals surface area contributed by atoms with Crippen molar-refractivity contribution in [1.82, 2.24) is 10.3 Å². The summed E-state index contributed by atoms with van der Waals surface area (Å²) in [6.45, 7) is -0.628. The van der Waals surface area contributed by atoms with Crippen molar-refractivity contribution >= 4 is 11.9 Å². The number of aliphatic carboxylic acids is 1. The van der Waals surface area contributed by atoms with Gasteiger partial charge in [-0.1, -0.05) is 0 Å². The largest absolute Gasteiger partial charge is 0.480 e. The summed E-state index contributed by atoms with van der Waals surface area (Å²) in [5, 5.41) is 19.5. The van der Waals surface area contributed by atoms with E-state index in [0.29, 0.717) is 0 Å². The first-order valence-electron chi connectivity index (χ1n) is 4.65. The molecule has 0 aliphatic heterocycles. The van der Waals surface area contributed by atoms with Gasteiger partial charge in [0.25, 0.3) is 0 Å². The average Bonchev–Trinajstić information content (AvgIpc) is 2.27. The van der Waals surface area contributed by atoms with Gasteiger partial charge in [0, 0.05) is 12.4 Å². The molecule has 16 heavy (non-hydrogen) atoms. The van der Waals surface area contributed by atoms with E-state index in [2.05, 4.69) is 10.3 Å². The van der Waals surface area contributed by atoms with E-state index in [-0.39, 0.29) is 6.42 Å². The van der Waals surface area contributed by atoms with Crippen molar-refractivity contribution in [3.63, 3.8) is 0 Å². The highest BCUT2D eigenvalue weighted by Crippen LogP contribution is 1.97. The van der Waals surface area contributed by atoms with Crippen LogP contribution in [0.5, 0.6) is 0 Å². The van der Waals surface area contributed by atoms with E-state index in [4.69, 9.17) is 10.2 Å². The van der Waals surface area contributed by atoms with Crippen molar-refractivity contribution in [2.45, 2.75) is 12.5 Å². The molecule has 1 aromatic heterocycles. The quantitative estimate of drug-likeness (QED) is 0.607. The van der Waals surface area contributed by atoms with Crippen LogP contribution >= 0.6 is 0 Å². The highest BCUT2D eigenvalue weighted by atomic mass is 16.4. The minimum absolute atomic E-state index is 0.0618. The lowest BCUT2D eigenvalue weighted by Crippen LogP contribution is -2.43. The van der Waals surface area contributed by atoms with Gasteiger partial charge in [0.1, 0.15) is 6.04 Å². The van der Waals surface area contributed by atoms with Crippen LogP contribution in [0.3, 0.4) is 0 Å². The zero-order valence-electron chi connectivity index (χ0n) is 8.46. The number of rotatable bonds is 5. The van der Waals surface area contributed by atoms with Gasteiger partial charge in [0.05, 0.1) is 13.0 Å². The molecule has 1 amide bonds. The molecule has 1 atom stereocenters. The van der Waals surface area contributed by atoms with E-state index in [9.17, 15) is 9.59 Å². The second kappa shape index (κ2) is 5.82. The molecule has 1 aromatic rings. The summed E-state index contributed by atoms with van der Waals surface area (Å²) in [5.74, 6) is -1.71. The lowest BCUT2D eigenvalue weighted by Gasteiger charge is -2.11. The van der Waals surface area contributed by atoms with Gasteiger partial charge >= 0.3 is 5.97 Å². The zero-order valence-corrected chi connectivity index (χ0v) is 8.46. The molecule has 0 radical (unpaired) electrons. The summed E-state index contributed by atoms with van der Waals surface area (Å²) >= 11 is 0. The number of carbonyl (C=O) groups is 2. The van der Waals surface area contributed by atoms with Crippen LogP contribution in [0.25, 0.3) is 0 Å². The number of carboxylic acid groups (broad SMARTS) is 1. The maximum Gasteiger partial charge on any atom is 0.328 e. The number of hydrogen-bond donors (Lipinski definition) is 3. The number of nitrogens with one attached hydrogen (secondary N) is 1. The van der Waals surface area contributed by atoms with E-state index >= 15 is 0 Å². The van der Waals surface area contributed by atoms with Gasteiger partial charge in [-0.2, -0.15) is 0 Å². The predicted octanol–water partition coefficient (Wildman–Crippen LogP) is -0.814. The van der Waals surface area contributed by atoms with Crippen molar-refractivity contribution in [2.24, 2.45) is 0 Å². The fourth-order valence-corrected chi connectivity index (χ4v) is 1.12. The number of amides is 1. The molecule has 0 unspecified atom stereocenters. The van der Waals surface area contributed by atoms with Gasteiger partial charge in [-0.3, -0.25) is 9.78 Å². The molecular weight excluding hydrogens is 212 g/mol. The number of carboxylic acids is 1. The number of aliphatic hydroxyl groups is 1. The second-order valence-corrected chi connectivity index (χ2v) is 3.17. The summed E-state index contributed by atoms with van der Waals surface area (Å²) in [6.07, 6.45) is 3.15. The number of aromatic nitrogens is 1. The van der Waals surface area contributed by atoms with Crippen LogP contribution < -0.4 is 5.32 Å². The van der Waals surface area contributed by atoms with Crippen LogP contribution in [0.2, 0.25) is 0 Å². The third-order valence-corrected chi connectivity index (χ3v) is 1.93. The molecule has 3 N–H and O–H groups in total. The molecule has 6 heteroatoms. The van der Waals surface area contributed by atoms with Crippen LogP contribution in [0.15, 0.2) is 24.5 Å². The summed E-state index contributed by atoms with van der Waals surface area (Å²) in [7, 11) is 0. The topological polar surface area (TPSA) is 99.5 Å². The van der Waals surface area contributed by atoms with Gasteiger partial charge in [0.15, 0.2) is 0 Å². The first-order valence-corrected chi connectivity index (χ1v) is 4.65. The van der Waals surface area contributed by atoms with Crippen LogP contribution in [0.4, 0.5) is 0 Å². The summed E-state index contributed by atoms with van der Waals surface area (Å²) in [6, 6.07) is 2.07. The van der Waals surface area contributed by atoms with E-state index in [1.807, 2.05) is 0 Å². The van der Waals surface area contributed by atoms with Gasteiger partial charge in [-0.25, -0.2) is 4.79 Å². The van der Waals surface area contributed by atoms with Crippen molar-refractivity contribution < 1.29 is 19.8 Å². The molecule has 1 rings (SSSR count). The molecule has 0 aliphatic rings. The van der Waals surface area contributed by atoms with Gasteiger partial charge < -0.3 is 15.5 Å². The minimum Gasteiger partial charge on any atom is -0.480 e. The summed E-state index contributed by atoms with van der Waals surface area (Å²) < 4.78 is 0. The maximum absolute atomic E-state index is 11.4. The fraction of sp³-hybridized carbons (Fsp3) is 0.300. The highest BCUT2D eigenvalue weighted by molar-refractivity contribution is 5.84. The van der Waals surface area contributed by atoms with Gasteiger partial charge in [0.2, 0.25) is 5.91 Å². The Hall–Kier alpha value is -1.95. The Morgan fingerprint density at radius 2 is 2.00 bits per heavy atom. The smallest absolute Gasteiger partial charge is 0.328 e. The van der Waals surface area contributed by atoms with Crippen LogP contribution in [0, 0.1) is 0 Å². The Bertz CT molecular complexity index is 366. The number of aliphatic hydroxyl groups excluding tert-OH is 1. The summed E-state index contributed by atoms with van der Waals surface area (Å²) in [4.78, 5) is 25.7. The first kappa shape index (κ1) is 12.1. The SMILES string of the molecule is O=C(Cc1ccncc1)N[C@@H](CO)C(=O)O. The Labute approximate surface area is 91.9 Å². The first-order chi connectivity index (χ1) is 7.63. The maximum atomic E-state index is 11.4. The summed E-state index contributed by atoms with van der Waals surface area (Å²) in [5.41, 5.74) is 0.731. The molecule has 0 fully saturated rings. The molecule has 1 heterocycles. The molecular formula is C10H12N2O4. The molecule has 86 valence electrons. The zero-order chi connectivity index (χ0) is 12.0. The van der Waals surface area contributed by atoms with Crippen LogP contribution in [0.1, 0.15) is 5.56 Å². The standard InChI is InChI=1S/C10H12N2O4/c13-6-8(10(15)16)12-9(14)5-7-1-3-11-4-2-7/h1-4,8,13H,5-6H2,(H,12,14)(H,15,16)/t8-/m0/s1. The normalized spacial score (nSPS) is 11.8. The van der Waals surface area contributed by atoms with Crippen molar-refractivity contribution in [2.75, 3.05) is 6.61 Å². The Morgan fingerprint density at radius 1 is 1.38 bits per heavy atom. The number of nitrogens with zero attached hydrogens (tertiary/aromatic N) is 1. The Morgan fingerprint density at radius 3 is 2.50 bits per heavy atom. The van der Waals surface area contributed by atoms with Crippen molar-refractivity contribution in [3.05, 3.63) is 30.1 Å². The number of pyridine rings is 1. The second-order valence-electron chi connectivity index (χ2n) is 3.17. The third kappa shape index (κ3) is 3.66. The molecule has 0 spiro atoms. The fourth-order valence-electron chi connectivity index (χ4n) is 1.12. The van der Waals surface area contributed by atoms with Crippen LogP contribution in [-0.4, -0.2) is 39.7 Å². The lowest BCUT2D eigenvalue weighted by molar-refractivity contribution is -0.142. The molecule has 0 saturated carbocycles. The predicted molar refractivity (Wildman–Crippen MR) is 54.6 cm³/mol. The van der Waals surface area contributed by atoms with Crippen molar-refractivity contribution in [1.29, 1.82) is 0 Å². The van der Waals surface area contributed by atoms with Crippen molar-refractivity contribution in [3.8, 4) is 0 Å². The molecule has 0 bridgehead atoms. The molecule has 6 nitrogen and oxygen atoms in total. The minimum atomic E-state index is -1.26. The molecule has 0 aromatic carbocycles. The molecule has 0 saturated heterocycles. The third-order valence-electron chi connectivity index (χ3n) is 1.93. The average molecular weight is 224 g/mol. The van der Waals surface area contributed by atoms with E-state index in [1.165, 1.54) is 0 Å². The van der Waals surface area contributed by atoms with Crippen LogP contribution in [-0.2, 0) is 16.0 Å². The van der Waals surface area contributed by atoms with E-state index in [1.54, 1.807) is 24.5 Å². The Kier molecular flexibility index (Phi) is 4.41. The van der Waals surface area contributed by atoms with Gasteiger partial charge in [-0.15, -0.1) is 0 Å². The number of hydrogen-bond acceptors (Lipinski definition) is 4. The number of carbonyl (C=O) groups excluding carboxylic acids is 1. The van der Waals surface area contributed by atoms with E-state index < -0.39 is 24.5 Å². The van der Waals surface area contributed by atoms with E-state index in [0.717, 1.165) is 5.56 Å². The Balaban J connectivity index is 2.50. The molecule has 0 aliphatic carbocycles. The monoisotopic (exact) mass is 224 g/mol. The lowest BCUT2D eigenvalue weighted by atomic mass is 10.2. The highest BCUT2D eigenvalue weighted by Gasteiger charge is 2.18.